The number of morpholine rings is 1. The molecule has 11 heteroatoms. The first-order valence-electron chi connectivity index (χ1n) is 10.9. The van der Waals surface area contributed by atoms with Gasteiger partial charge in [0.15, 0.2) is 0 Å². The summed E-state index contributed by atoms with van der Waals surface area (Å²) >= 11 is 0. The Kier molecular flexibility index (Phi) is 7.37. The molecule has 1 aliphatic rings. The highest BCUT2D eigenvalue weighted by atomic mass is 32.2. The van der Waals surface area contributed by atoms with Gasteiger partial charge in [-0.15, -0.1) is 0 Å². The van der Waals surface area contributed by atoms with E-state index in [4.69, 9.17) is 13.9 Å². The van der Waals surface area contributed by atoms with Crippen molar-refractivity contribution in [3.8, 4) is 5.75 Å². The summed E-state index contributed by atoms with van der Waals surface area (Å²) in [5.74, 6) is 0.00257. The summed E-state index contributed by atoms with van der Waals surface area (Å²) in [6.07, 6.45) is 1.50. The Morgan fingerprint density at radius 3 is 2.51 bits per heavy atom. The first kappa shape index (κ1) is 24.3. The van der Waals surface area contributed by atoms with Gasteiger partial charge >= 0.3 is 0 Å². The number of hydrogen-bond donors (Lipinski definition) is 2. The van der Waals surface area contributed by atoms with Crippen LogP contribution < -0.4 is 14.8 Å². The predicted molar refractivity (Wildman–Crippen MR) is 127 cm³/mol. The minimum atomic E-state index is -4.14. The molecule has 35 heavy (non-hydrogen) atoms. The molecular weight excluding hydrogens is 474 g/mol. The smallest absolute Gasteiger partial charge is 0.261 e. The molecule has 0 unspecified atom stereocenters. The topological polar surface area (TPSA) is 127 Å². The molecule has 10 nitrogen and oxygen atoms in total. The Bertz CT molecular complexity index is 1300. The minimum absolute atomic E-state index is 0.0984. The van der Waals surface area contributed by atoms with Gasteiger partial charge < -0.3 is 24.1 Å². The highest BCUT2D eigenvalue weighted by Crippen LogP contribution is 2.27. The molecule has 0 radical (unpaired) electrons. The maximum absolute atomic E-state index is 13.2. The molecule has 2 amide bonds. The fourth-order valence-corrected chi connectivity index (χ4v) is 4.71. The number of furan rings is 1. The van der Waals surface area contributed by atoms with E-state index in [0.717, 1.165) is 0 Å². The van der Waals surface area contributed by atoms with Crippen LogP contribution in [-0.2, 0) is 21.3 Å². The van der Waals surface area contributed by atoms with Crippen LogP contribution in [0.2, 0.25) is 0 Å². The van der Waals surface area contributed by atoms with Crippen molar-refractivity contribution >= 4 is 27.5 Å². The largest absolute Gasteiger partial charge is 0.496 e. The Morgan fingerprint density at radius 1 is 1.03 bits per heavy atom. The molecule has 2 heterocycles. The van der Waals surface area contributed by atoms with Gasteiger partial charge in [0.2, 0.25) is 0 Å². The summed E-state index contributed by atoms with van der Waals surface area (Å²) in [5, 5.41) is 2.70. The fraction of sp³-hybridized carbons (Fsp3) is 0.250. The molecule has 0 saturated carbocycles. The quantitative estimate of drug-likeness (QED) is 0.487. The first-order chi connectivity index (χ1) is 16.9. The van der Waals surface area contributed by atoms with Crippen molar-refractivity contribution in [1.29, 1.82) is 0 Å². The summed E-state index contributed by atoms with van der Waals surface area (Å²) in [5.41, 5.74) is 0.365. The number of sulfonamides is 1. The molecule has 0 aliphatic carbocycles. The van der Waals surface area contributed by atoms with Crippen LogP contribution in [0.3, 0.4) is 0 Å². The molecule has 3 aromatic rings. The number of ether oxygens (including phenoxy) is 2. The highest BCUT2D eigenvalue weighted by molar-refractivity contribution is 7.92. The molecule has 4 rings (SSSR count). The van der Waals surface area contributed by atoms with Crippen LogP contribution in [0.1, 0.15) is 26.5 Å². The number of para-hydroxylation sites is 1. The number of hydrogen-bond acceptors (Lipinski definition) is 7. The monoisotopic (exact) mass is 499 g/mol. The number of carbonyl (C=O) groups is 2. The lowest BCUT2D eigenvalue weighted by Crippen LogP contribution is -2.40. The van der Waals surface area contributed by atoms with Crippen LogP contribution in [-0.4, -0.2) is 58.5 Å². The van der Waals surface area contributed by atoms with Crippen molar-refractivity contribution in [2.45, 2.75) is 11.4 Å². The van der Waals surface area contributed by atoms with E-state index < -0.39 is 15.9 Å². The van der Waals surface area contributed by atoms with Gasteiger partial charge in [-0.25, -0.2) is 8.42 Å². The average molecular weight is 500 g/mol. The second kappa shape index (κ2) is 10.6. The molecule has 184 valence electrons. The third-order valence-electron chi connectivity index (χ3n) is 5.43. The SMILES string of the molecule is COc1ccc(S(=O)(=O)Nc2ccccc2C(=O)NCc2ccco2)cc1C(=O)N1CCOCC1. The predicted octanol–water partition coefficient (Wildman–Crippen LogP) is 2.49. The summed E-state index contributed by atoms with van der Waals surface area (Å²) < 4.78 is 44.7. The molecular formula is C24H25N3O7S. The molecule has 2 aromatic carbocycles. The zero-order chi connectivity index (χ0) is 24.8. The van der Waals surface area contributed by atoms with Gasteiger partial charge in [0, 0.05) is 13.1 Å². The summed E-state index contributed by atoms with van der Waals surface area (Å²) in [6, 6.07) is 13.7. The van der Waals surface area contributed by atoms with Gasteiger partial charge in [-0.1, -0.05) is 12.1 Å². The summed E-state index contributed by atoms with van der Waals surface area (Å²) in [7, 11) is -2.73. The second-order valence-electron chi connectivity index (χ2n) is 7.68. The second-order valence-corrected chi connectivity index (χ2v) is 9.36. The van der Waals surface area contributed by atoms with E-state index in [-0.39, 0.29) is 39.9 Å². The number of nitrogens with one attached hydrogen (secondary N) is 2. The van der Waals surface area contributed by atoms with Crippen molar-refractivity contribution in [1.82, 2.24) is 10.2 Å². The Hall–Kier alpha value is -3.83. The molecule has 2 N–H and O–H groups in total. The van der Waals surface area contributed by atoms with E-state index in [2.05, 4.69) is 10.0 Å². The van der Waals surface area contributed by atoms with Gasteiger partial charge in [-0.3, -0.25) is 14.3 Å². The van der Waals surface area contributed by atoms with Crippen molar-refractivity contribution in [3.63, 3.8) is 0 Å². The number of methoxy groups -OCH3 is 1. The Balaban J connectivity index is 1.57. The summed E-state index contributed by atoms with van der Waals surface area (Å²) in [4.78, 5) is 27.2. The highest BCUT2D eigenvalue weighted by Gasteiger charge is 2.25. The number of amides is 2. The van der Waals surface area contributed by atoms with Gasteiger partial charge in [0.25, 0.3) is 21.8 Å². The zero-order valence-corrected chi connectivity index (χ0v) is 19.8. The van der Waals surface area contributed by atoms with Crippen molar-refractivity contribution in [2.24, 2.45) is 0 Å². The van der Waals surface area contributed by atoms with E-state index in [0.29, 0.717) is 32.1 Å². The maximum Gasteiger partial charge on any atom is 0.261 e. The van der Waals surface area contributed by atoms with E-state index in [9.17, 15) is 18.0 Å². The van der Waals surface area contributed by atoms with Crippen LogP contribution in [0, 0.1) is 0 Å². The molecule has 0 spiro atoms. The molecule has 1 aromatic heterocycles. The van der Waals surface area contributed by atoms with Crippen LogP contribution in [0.25, 0.3) is 0 Å². The van der Waals surface area contributed by atoms with E-state index >= 15 is 0 Å². The third kappa shape index (κ3) is 5.64. The summed E-state index contributed by atoms with van der Waals surface area (Å²) in [6.45, 7) is 1.77. The average Bonchev–Trinajstić information content (AvgIpc) is 3.41. The lowest BCUT2D eigenvalue weighted by Gasteiger charge is -2.27. The van der Waals surface area contributed by atoms with E-state index in [1.807, 2.05) is 0 Å². The van der Waals surface area contributed by atoms with Crippen molar-refractivity contribution in [2.75, 3.05) is 38.1 Å². The van der Waals surface area contributed by atoms with Crippen molar-refractivity contribution in [3.05, 3.63) is 77.7 Å². The number of rotatable bonds is 8. The molecule has 1 saturated heterocycles. The minimum Gasteiger partial charge on any atom is -0.496 e. The lowest BCUT2D eigenvalue weighted by molar-refractivity contribution is 0.0300. The normalized spacial score (nSPS) is 13.8. The van der Waals surface area contributed by atoms with Crippen molar-refractivity contribution < 1.29 is 31.9 Å². The number of carbonyl (C=O) groups excluding carboxylic acids is 2. The molecule has 1 fully saturated rings. The lowest BCUT2D eigenvalue weighted by atomic mass is 10.1. The molecule has 1 aliphatic heterocycles. The van der Waals surface area contributed by atoms with Crippen LogP contribution in [0.4, 0.5) is 5.69 Å². The van der Waals surface area contributed by atoms with Gasteiger partial charge in [0.1, 0.15) is 11.5 Å². The van der Waals surface area contributed by atoms with Crippen LogP contribution >= 0.6 is 0 Å². The van der Waals surface area contributed by atoms with E-state index in [1.54, 1.807) is 29.2 Å². The van der Waals surface area contributed by atoms with Crippen LogP contribution in [0.15, 0.2) is 70.2 Å². The molecule has 0 bridgehead atoms. The molecule has 0 atom stereocenters. The Morgan fingerprint density at radius 2 is 1.80 bits per heavy atom. The van der Waals surface area contributed by atoms with Crippen LogP contribution in [0.5, 0.6) is 5.75 Å². The Labute approximate surface area is 202 Å². The number of benzene rings is 2. The van der Waals surface area contributed by atoms with Gasteiger partial charge in [0.05, 0.1) is 54.8 Å². The fourth-order valence-electron chi connectivity index (χ4n) is 3.61. The number of nitrogens with zero attached hydrogens (tertiary/aromatic N) is 1. The zero-order valence-electron chi connectivity index (χ0n) is 19.0. The third-order valence-corrected chi connectivity index (χ3v) is 6.79. The van der Waals surface area contributed by atoms with Gasteiger partial charge in [-0.2, -0.15) is 0 Å². The van der Waals surface area contributed by atoms with E-state index in [1.165, 1.54) is 43.7 Å². The first-order valence-corrected chi connectivity index (χ1v) is 12.3. The number of anilines is 1. The van der Waals surface area contributed by atoms with Gasteiger partial charge in [-0.05, 0) is 42.5 Å². The standard InChI is InChI=1S/C24H25N3O7S/c1-32-22-9-8-18(15-20(22)24(29)27-10-13-33-14-11-27)35(30,31)26-21-7-3-2-6-19(21)23(28)25-16-17-5-4-12-34-17/h2-9,12,15,26H,10-11,13-14,16H2,1H3,(H,25,28). The maximum atomic E-state index is 13.2.